The number of thioether (sulfide) groups is 1. The molecule has 0 radical (unpaired) electrons. The number of amides is 2. The van der Waals surface area contributed by atoms with Crippen LogP contribution in [0, 0.1) is 5.92 Å². The fourth-order valence-electron chi connectivity index (χ4n) is 3.08. The van der Waals surface area contributed by atoms with Crippen LogP contribution in [0.25, 0.3) is 0 Å². The SMILES string of the molecule is CSC1CCCC(NC(=O)N(C)C2COCC2C(=O)O)C1. The van der Waals surface area contributed by atoms with E-state index in [0.29, 0.717) is 11.9 Å². The number of likely N-dealkylation sites (N-methyl/N-ethyl adjacent to an activating group) is 1. The monoisotopic (exact) mass is 316 g/mol. The number of carboxylic acid groups (broad SMARTS) is 1. The Morgan fingerprint density at radius 3 is 2.76 bits per heavy atom. The van der Waals surface area contributed by atoms with Gasteiger partial charge in [0.25, 0.3) is 0 Å². The number of carbonyl (C=O) groups excluding carboxylic acids is 1. The van der Waals surface area contributed by atoms with E-state index >= 15 is 0 Å². The largest absolute Gasteiger partial charge is 0.481 e. The average molecular weight is 316 g/mol. The van der Waals surface area contributed by atoms with Crippen LogP contribution in [0.4, 0.5) is 4.79 Å². The highest BCUT2D eigenvalue weighted by Gasteiger charge is 2.39. The van der Waals surface area contributed by atoms with Crippen LogP contribution in [0.15, 0.2) is 0 Å². The molecule has 120 valence electrons. The summed E-state index contributed by atoms with van der Waals surface area (Å²) in [5.74, 6) is -1.54. The Kier molecular flexibility index (Phi) is 5.75. The van der Waals surface area contributed by atoms with Gasteiger partial charge >= 0.3 is 12.0 Å². The van der Waals surface area contributed by atoms with Gasteiger partial charge in [-0.15, -0.1) is 0 Å². The zero-order chi connectivity index (χ0) is 15.4. The Hall–Kier alpha value is -0.950. The number of nitrogens with one attached hydrogen (secondary N) is 1. The molecule has 21 heavy (non-hydrogen) atoms. The van der Waals surface area contributed by atoms with Crippen LogP contribution < -0.4 is 5.32 Å². The summed E-state index contributed by atoms with van der Waals surface area (Å²) in [6.45, 7) is 0.467. The van der Waals surface area contributed by atoms with Crippen LogP contribution >= 0.6 is 11.8 Å². The highest BCUT2D eigenvalue weighted by molar-refractivity contribution is 7.99. The van der Waals surface area contributed by atoms with Crippen molar-refractivity contribution in [3.63, 3.8) is 0 Å². The number of aliphatic carboxylic acids is 1. The zero-order valence-corrected chi connectivity index (χ0v) is 13.4. The summed E-state index contributed by atoms with van der Waals surface area (Å²) in [6.07, 6.45) is 6.43. The Morgan fingerprint density at radius 2 is 2.10 bits per heavy atom. The molecule has 0 aromatic rings. The van der Waals surface area contributed by atoms with Crippen molar-refractivity contribution < 1.29 is 19.4 Å². The van der Waals surface area contributed by atoms with Gasteiger partial charge in [-0.2, -0.15) is 11.8 Å². The summed E-state index contributed by atoms with van der Waals surface area (Å²) < 4.78 is 5.22. The summed E-state index contributed by atoms with van der Waals surface area (Å²) in [7, 11) is 1.65. The van der Waals surface area contributed by atoms with E-state index in [1.54, 1.807) is 7.05 Å². The minimum atomic E-state index is -0.905. The zero-order valence-electron chi connectivity index (χ0n) is 12.6. The molecule has 2 rings (SSSR count). The third kappa shape index (κ3) is 4.03. The average Bonchev–Trinajstić information content (AvgIpc) is 2.96. The van der Waals surface area contributed by atoms with Crippen molar-refractivity contribution in [3.8, 4) is 0 Å². The molecule has 1 saturated heterocycles. The topological polar surface area (TPSA) is 78.9 Å². The Balaban J connectivity index is 1.88. The minimum absolute atomic E-state index is 0.176. The lowest BCUT2D eigenvalue weighted by atomic mass is 9.95. The Bertz CT molecular complexity index is 393. The van der Waals surface area contributed by atoms with Gasteiger partial charge in [0.15, 0.2) is 0 Å². The minimum Gasteiger partial charge on any atom is -0.481 e. The van der Waals surface area contributed by atoms with E-state index in [2.05, 4.69) is 11.6 Å². The number of urea groups is 1. The van der Waals surface area contributed by atoms with Crippen molar-refractivity contribution in [2.75, 3.05) is 26.5 Å². The van der Waals surface area contributed by atoms with Crippen LogP contribution in [-0.4, -0.2) is 65.9 Å². The predicted octanol–water partition coefficient (Wildman–Crippen LogP) is 1.40. The molecule has 7 heteroatoms. The van der Waals surface area contributed by atoms with E-state index in [4.69, 9.17) is 9.84 Å². The number of hydrogen-bond acceptors (Lipinski definition) is 4. The van der Waals surface area contributed by atoms with E-state index in [1.165, 1.54) is 11.3 Å². The van der Waals surface area contributed by atoms with Crippen LogP contribution in [-0.2, 0) is 9.53 Å². The van der Waals surface area contributed by atoms with Gasteiger partial charge in [0.05, 0.1) is 19.3 Å². The molecule has 1 heterocycles. The van der Waals surface area contributed by atoms with Gasteiger partial charge in [-0.05, 0) is 25.5 Å². The second-order valence-electron chi connectivity index (χ2n) is 5.83. The molecule has 0 aromatic heterocycles. The molecule has 4 unspecified atom stereocenters. The maximum atomic E-state index is 12.3. The first-order valence-corrected chi connectivity index (χ1v) is 8.68. The van der Waals surface area contributed by atoms with E-state index in [0.717, 1.165) is 19.3 Å². The molecule has 1 aliphatic heterocycles. The number of hydrogen-bond donors (Lipinski definition) is 2. The number of carboxylic acids is 1. The molecule has 0 spiro atoms. The Labute approximate surface area is 129 Å². The maximum Gasteiger partial charge on any atom is 0.317 e. The summed E-state index contributed by atoms with van der Waals surface area (Å²) in [5, 5.41) is 12.8. The van der Waals surface area contributed by atoms with Crippen molar-refractivity contribution in [2.24, 2.45) is 5.92 Å². The van der Waals surface area contributed by atoms with Crippen LogP contribution in [0.3, 0.4) is 0 Å². The molecule has 2 aliphatic rings. The van der Waals surface area contributed by atoms with Gasteiger partial charge in [0.2, 0.25) is 0 Å². The lowest BCUT2D eigenvalue weighted by molar-refractivity contribution is -0.142. The van der Waals surface area contributed by atoms with Gasteiger partial charge in [-0.25, -0.2) is 4.79 Å². The third-order valence-corrected chi connectivity index (χ3v) is 5.57. The smallest absolute Gasteiger partial charge is 0.317 e. The molecule has 2 N–H and O–H groups in total. The number of ether oxygens (including phenoxy) is 1. The number of nitrogens with zero attached hydrogens (tertiary/aromatic N) is 1. The number of rotatable bonds is 4. The van der Waals surface area contributed by atoms with Crippen molar-refractivity contribution >= 4 is 23.8 Å². The maximum absolute atomic E-state index is 12.3. The van der Waals surface area contributed by atoms with Gasteiger partial charge in [0.1, 0.15) is 5.92 Å². The lowest BCUT2D eigenvalue weighted by Gasteiger charge is -2.32. The van der Waals surface area contributed by atoms with E-state index < -0.39 is 11.9 Å². The van der Waals surface area contributed by atoms with E-state index in [-0.39, 0.29) is 24.7 Å². The van der Waals surface area contributed by atoms with Crippen LogP contribution in [0.1, 0.15) is 25.7 Å². The first-order chi connectivity index (χ1) is 10.0. The third-order valence-electron chi connectivity index (χ3n) is 4.47. The normalized spacial score (nSPS) is 32.7. The fraction of sp³-hybridized carbons (Fsp3) is 0.857. The molecule has 2 fully saturated rings. The quantitative estimate of drug-likeness (QED) is 0.820. The summed E-state index contributed by atoms with van der Waals surface area (Å²) in [6, 6.07) is -0.386. The van der Waals surface area contributed by atoms with Gasteiger partial charge < -0.3 is 20.1 Å². The summed E-state index contributed by atoms with van der Waals surface area (Å²) in [5.41, 5.74) is 0. The first-order valence-electron chi connectivity index (χ1n) is 7.39. The van der Waals surface area contributed by atoms with Gasteiger partial charge in [-0.1, -0.05) is 6.42 Å². The van der Waals surface area contributed by atoms with Gasteiger partial charge in [0, 0.05) is 18.3 Å². The molecule has 1 saturated carbocycles. The molecule has 0 bridgehead atoms. The molecule has 4 atom stereocenters. The summed E-state index contributed by atoms with van der Waals surface area (Å²) >= 11 is 1.85. The molecule has 2 amide bonds. The molecule has 1 aliphatic carbocycles. The highest BCUT2D eigenvalue weighted by atomic mass is 32.2. The second kappa shape index (κ2) is 7.35. The standard InChI is InChI=1S/C14H24N2O4S/c1-16(12-8-20-7-11(12)13(17)18)14(19)15-9-4-3-5-10(6-9)21-2/h9-12H,3-8H2,1-2H3,(H,15,19)(H,17,18). The fourth-order valence-corrected chi connectivity index (χ4v) is 3.90. The van der Waals surface area contributed by atoms with Crippen LogP contribution in [0.2, 0.25) is 0 Å². The molecule has 0 aromatic carbocycles. The molecular weight excluding hydrogens is 292 g/mol. The first kappa shape index (κ1) is 16.4. The Morgan fingerprint density at radius 1 is 1.33 bits per heavy atom. The van der Waals surface area contributed by atoms with Crippen molar-refractivity contribution in [3.05, 3.63) is 0 Å². The number of carbonyl (C=O) groups is 2. The van der Waals surface area contributed by atoms with Crippen molar-refractivity contribution in [1.29, 1.82) is 0 Å². The van der Waals surface area contributed by atoms with E-state index in [1.807, 2.05) is 11.8 Å². The lowest BCUT2D eigenvalue weighted by Crippen LogP contribution is -2.51. The predicted molar refractivity (Wildman–Crippen MR) is 81.6 cm³/mol. The summed E-state index contributed by atoms with van der Waals surface area (Å²) in [4.78, 5) is 25.0. The van der Waals surface area contributed by atoms with Crippen molar-refractivity contribution in [1.82, 2.24) is 10.2 Å². The molecular formula is C14H24N2O4S. The van der Waals surface area contributed by atoms with Crippen LogP contribution in [0.5, 0.6) is 0 Å². The van der Waals surface area contributed by atoms with Gasteiger partial charge in [-0.3, -0.25) is 4.79 Å². The van der Waals surface area contributed by atoms with E-state index in [9.17, 15) is 9.59 Å². The highest BCUT2D eigenvalue weighted by Crippen LogP contribution is 2.27. The second-order valence-corrected chi connectivity index (χ2v) is 6.97. The van der Waals surface area contributed by atoms with Crippen molar-refractivity contribution in [2.45, 2.75) is 43.0 Å². The molecule has 6 nitrogen and oxygen atoms in total.